The van der Waals surface area contributed by atoms with Gasteiger partial charge in [0.15, 0.2) is 0 Å². The average molecular weight is 287 g/mol. The quantitative estimate of drug-likeness (QED) is 0.637. The van der Waals surface area contributed by atoms with Gasteiger partial charge in [0.1, 0.15) is 5.69 Å². The van der Waals surface area contributed by atoms with E-state index in [1.165, 1.54) is 16.5 Å². The Morgan fingerprint density at radius 2 is 2.20 bits per heavy atom. The highest BCUT2D eigenvalue weighted by Gasteiger charge is 2.18. The number of nitrogens with zero attached hydrogens (tertiary/aromatic N) is 3. The van der Waals surface area contributed by atoms with Gasteiger partial charge in [0.05, 0.1) is 23.1 Å². The lowest BCUT2D eigenvalue weighted by Crippen LogP contribution is -2.17. The molecule has 0 saturated heterocycles. The number of nitriles is 1. The van der Waals surface area contributed by atoms with E-state index < -0.39 is 4.92 Å². The van der Waals surface area contributed by atoms with Gasteiger partial charge in [-0.3, -0.25) is 10.1 Å². The Kier molecular flexibility index (Phi) is 4.01. The first-order valence-electron chi connectivity index (χ1n) is 5.95. The fourth-order valence-electron chi connectivity index (χ4n) is 1.93. The van der Waals surface area contributed by atoms with Crippen LogP contribution < -0.4 is 4.90 Å². The van der Waals surface area contributed by atoms with Crippen molar-refractivity contribution in [1.29, 1.82) is 5.26 Å². The smallest absolute Gasteiger partial charge is 0.293 e. The second kappa shape index (κ2) is 5.72. The van der Waals surface area contributed by atoms with E-state index in [1.54, 1.807) is 23.5 Å². The SMILES string of the molecule is Cc1ccsc1CN(C)c1ccc(C#N)cc1[N+](=O)[O-]. The van der Waals surface area contributed by atoms with Crippen molar-refractivity contribution in [2.24, 2.45) is 0 Å². The number of hydrogen-bond donors (Lipinski definition) is 0. The number of hydrogen-bond acceptors (Lipinski definition) is 5. The number of aryl methyl sites for hydroxylation is 1. The average Bonchev–Trinajstić information content (AvgIpc) is 2.83. The Labute approximate surface area is 120 Å². The topological polar surface area (TPSA) is 70.2 Å². The van der Waals surface area contributed by atoms with Crippen LogP contribution in [0.5, 0.6) is 0 Å². The maximum absolute atomic E-state index is 11.1. The lowest BCUT2D eigenvalue weighted by molar-refractivity contribution is -0.384. The Morgan fingerprint density at radius 1 is 1.45 bits per heavy atom. The molecule has 1 aromatic carbocycles. The van der Waals surface area contributed by atoms with Crippen molar-refractivity contribution < 1.29 is 4.92 Å². The minimum absolute atomic E-state index is 0.0410. The van der Waals surface area contributed by atoms with E-state index in [0.717, 1.165) is 0 Å². The highest BCUT2D eigenvalue weighted by molar-refractivity contribution is 7.10. The predicted octanol–water partition coefficient (Wildman–Crippen LogP) is 3.47. The van der Waals surface area contributed by atoms with Crippen molar-refractivity contribution in [3.63, 3.8) is 0 Å². The number of nitro benzene ring substituents is 1. The molecule has 1 heterocycles. The Bertz CT molecular complexity index is 688. The van der Waals surface area contributed by atoms with E-state index in [2.05, 4.69) is 0 Å². The third-order valence-electron chi connectivity index (χ3n) is 3.06. The van der Waals surface area contributed by atoms with Crippen LogP contribution >= 0.6 is 11.3 Å². The molecule has 0 radical (unpaired) electrons. The Hall–Kier alpha value is -2.39. The van der Waals surface area contributed by atoms with Gasteiger partial charge in [-0.25, -0.2) is 0 Å². The molecule has 2 aromatic rings. The van der Waals surface area contributed by atoms with Gasteiger partial charge in [0.25, 0.3) is 5.69 Å². The van der Waals surface area contributed by atoms with Crippen LogP contribution in [0, 0.1) is 28.4 Å². The molecule has 0 unspecified atom stereocenters. The highest BCUT2D eigenvalue weighted by Crippen LogP contribution is 2.30. The molecule has 0 aliphatic rings. The maximum atomic E-state index is 11.1. The van der Waals surface area contributed by atoms with Crippen LogP contribution in [0.1, 0.15) is 16.0 Å². The second-order valence-electron chi connectivity index (χ2n) is 4.46. The number of rotatable bonds is 4. The van der Waals surface area contributed by atoms with E-state index in [-0.39, 0.29) is 5.69 Å². The number of anilines is 1. The first-order chi connectivity index (χ1) is 9.52. The molecule has 0 amide bonds. The highest BCUT2D eigenvalue weighted by atomic mass is 32.1. The fraction of sp³-hybridized carbons (Fsp3) is 0.214. The van der Waals surface area contributed by atoms with Gasteiger partial charge in [-0.1, -0.05) is 0 Å². The van der Waals surface area contributed by atoms with E-state index in [1.807, 2.05) is 36.4 Å². The minimum atomic E-state index is -0.450. The minimum Gasteiger partial charge on any atom is -0.364 e. The van der Waals surface area contributed by atoms with Crippen LogP contribution in [0.2, 0.25) is 0 Å². The van der Waals surface area contributed by atoms with Crippen molar-refractivity contribution >= 4 is 22.7 Å². The third kappa shape index (κ3) is 2.78. The van der Waals surface area contributed by atoms with Crippen LogP contribution in [0.15, 0.2) is 29.6 Å². The Morgan fingerprint density at radius 3 is 2.75 bits per heavy atom. The molecule has 0 atom stereocenters. The van der Waals surface area contributed by atoms with Crippen LogP contribution in [0.4, 0.5) is 11.4 Å². The molecule has 0 spiro atoms. The van der Waals surface area contributed by atoms with E-state index in [4.69, 9.17) is 5.26 Å². The molecular weight excluding hydrogens is 274 g/mol. The summed E-state index contributed by atoms with van der Waals surface area (Å²) in [5, 5.41) is 22.0. The van der Waals surface area contributed by atoms with E-state index >= 15 is 0 Å². The number of benzene rings is 1. The molecule has 0 saturated carbocycles. The van der Waals surface area contributed by atoms with Gasteiger partial charge in [-0.15, -0.1) is 11.3 Å². The molecule has 0 aliphatic heterocycles. The molecule has 0 bridgehead atoms. The molecule has 0 fully saturated rings. The van der Waals surface area contributed by atoms with Crippen LogP contribution in [0.25, 0.3) is 0 Å². The third-order valence-corrected chi connectivity index (χ3v) is 4.07. The van der Waals surface area contributed by atoms with Gasteiger partial charge < -0.3 is 4.90 Å². The summed E-state index contributed by atoms with van der Waals surface area (Å²) in [5.41, 5.74) is 1.95. The summed E-state index contributed by atoms with van der Waals surface area (Å²) in [6.07, 6.45) is 0. The van der Waals surface area contributed by atoms with Gasteiger partial charge in [-0.2, -0.15) is 5.26 Å². The first kappa shape index (κ1) is 14.0. The summed E-state index contributed by atoms with van der Waals surface area (Å²) in [6, 6.07) is 8.49. The van der Waals surface area contributed by atoms with Crippen molar-refractivity contribution in [2.45, 2.75) is 13.5 Å². The molecule has 102 valence electrons. The van der Waals surface area contributed by atoms with Crippen molar-refractivity contribution in [1.82, 2.24) is 0 Å². The fourth-order valence-corrected chi connectivity index (χ4v) is 2.89. The standard InChI is InChI=1S/C14H13N3O2S/c1-10-5-6-20-14(10)9-16(2)12-4-3-11(8-15)7-13(12)17(18)19/h3-7H,9H2,1-2H3. The van der Waals surface area contributed by atoms with Crippen LogP contribution in [0.3, 0.4) is 0 Å². The summed E-state index contributed by atoms with van der Waals surface area (Å²) in [5.74, 6) is 0. The van der Waals surface area contributed by atoms with E-state index in [0.29, 0.717) is 17.8 Å². The zero-order valence-electron chi connectivity index (χ0n) is 11.2. The van der Waals surface area contributed by atoms with Gasteiger partial charge in [0, 0.05) is 18.0 Å². The summed E-state index contributed by atoms with van der Waals surface area (Å²) in [7, 11) is 1.81. The number of thiophene rings is 1. The zero-order chi connectivity index (χ0) is 14.7. The van der Waals surface area contributed by atoms with Crippen molar-refractivity contribution in [3.05, 3.63) is 55.8 Å². The summed E-state index contributed by atoms with van der Waals surface area (Å²) < 4.78 is 0. The molecule has 1 aromatic heterocycles. The summed E-state index contributed by atoms with van der Waals surface area (Å²) >= 11 is 1.63. The molecule has 20 heavy (non-hydrogen) atoms. The molecule has 0 N–H and O–H groups in total. The molecule has 5 nitrogen and oxygen atoms in total. The monoisotopic (exact) mass is 287 g/mol. The lowest BCUT2D eigenvalue weighted by Gasteiger charge is -2.19. The lowest BCUT2D eigenvalue weighted by atomic mass is 10.1. The van der Waals surface area contributed by atoms with Crippen molar-refractivity contribution in [2.75, 3.05) is 11.9 Å². The maximum Gasteiger partial charge on any atom is 0.293 e. The summed E-state index contributed by atoms with van der Waals surface area (Å²) in [6.45, 7) is 2.63. The first-order valence-corrected chi connectivity index (χ1v) is 6.83. The Balaban J connectivity index is 2.34. The molecular formula is C14H13N3O2S. The van der Waals surface area contributed by atoms with Gasteiger partial charge in [-0.05, 0) is 36.1 Å². The van der Waals surface area contributed by atoms with Crippen molar-refractivity contribution in [3.8, 4) is 6.07 Å². The summed E-state index contributed by atoms with van der Waals surface area (Å²) in [4.78, 5) is 13.7. The number of nitro groups is 1. The van der Waals surface area contributed by atoms with E-state index in [9.17, 15) is 10.1 Å². The molecule has 2 rings (SSSR count). The normalized spacial score (nSPS) is 10.1. The molecule has 0 aliphatic carbocycles. The zero-order valence-corrected chi connectivity index (χ0v) is 12.0. The van der Waals surface area contributed by atoms with Gasteiger partial charge in [0.2, 0.25) is 0 Å². The second-order valence-corrected chi connectivity index (χ2v) is 5.46. The largest absolute Gasteiger partial charge is 0.364 e. The predicted molar refractivity (Wildman–Crippen MR) is 79.0 cm³/mol. The molecule has 6 heteroatoms. The van der Waals surface area contributed by atoms with Crippen LogP contribution in [-0.2, 0) is 6.54 Å². The van der Waals surface area contributed by atoms with Crippen LogP contribution in [-0.4, -0.2) is 12.0 Å². The van der Waals surface area contributed by atoms with Gasteiger partial charge >= 0.3 is 0 Å².